The Morgan fingerprint density at radius 1 is 1.00 bits per heavy atom. The number of hydrogen-bond donors (Lipinski definition) is 1. The molecule has 3 aromatic rings. The summed E-state index contributed by atoms with van der Waals surface area (Å²) in [5.41, 5.74) is 4.20. The first kappa shape index (κ1) is 21.6. The van der Waals surface area contributed by atoms with Crippen molar-refractivity contribution in [1.82, 2.24) is 5.43 Å². The van der Waals surface area contributed by atoms with Crippen LogP contribution in [0.1, 0.15) is 11.1 Å². The second-order valence-corrected chi connectivity index (χ2v) is 7.46. The average Bonchev–Trinajstić information content (AvgIpc) is 2.78. The molecule has 0 heterocycles. The monoisotopic (exact) mass is 516 g/mol. The van der Waals surface area contributed by atoms with Gasteiger partial charge in [-0.3, -0.25) is 4.79 Å². The molecule has 0 spiro atoms. The molecule has 0 saturated carbocycles. The summed E-state index contributed by atoms with van der Waals surface area (Å²) >= 11 is 2.21. The van der Waals surface area contributed by atoms with Crippen LogP contribution in [0, 0.1) is 3.57 Å². The number of carbonyl (C=O) groups excluding carboxylic acids is 1. The fourth-order valence-corrected chi connectivity index (χ4v) is 2.89. The molecule has 30 heavy (non-hydrogen) atoms. The van der Waals surface area contributed by atoms with E-state index in [1.807, 2.05) is 72.8 Å². The molecule has 3 rings (SSSR count). The van der Waals surface area contributed by atoms with E-state index in [0.717, 1.165) is 20.4 Å². The van der Waals surface area contributed by atoms with Gasteiger partial charge >= 0.3 is 0 Å². The van der Waals surface area contributed by atoms with Crippen LogP contribution in [0.15, 0.2) is 77.9 Å². The molecule has 154 valence electrons. The molecule has 1 amide bonds. The molecule has 0 saturated heterocycles. The van der Waals surface area contributed by atoms with Gasteiger partial charge in [0.25, 0.3) is 5.91 Å². The van der Waals surface area contributed by atoms with E-state index in [0.29, 0.717) is 18.1 Å². The van der Waals surface area contributed by atoms with E-state index in [9.17, 15) is 4.79 Å². The van der Waals surface area contributed by atoms with E-state index < -0.39 is 0 Å². The summed E-state index contributed by atoms with van der Waals surface area (Å²) in [5, 5.41) is 4.01. The van der Waals surface area contributed by atoms with Crippen molar-refractivity contribution < 1.29 is 19.0 Å². The number of methoxy groups -OCH3 is 1. The largest absolute Gasteiger partial charge is 0.497 e. The number of halogens is 1. The third kappa shape index (κ3) is 6.77. The van der Waals surface area contributed by atoms with Gasteiger partial charge in [0.15, 0.2) is 6.61 Å². The third-order valence-electron chi connectivity index (χ3n) is 4.02. The fourth-order valence-electron chi connectivity index (χ4n) is 2.53. The zero-order chi connectivity index (χ0) is 21.2. The SMILES string of the molecule is COc1cccc(COc2ccccc2C=NNC(=O)COc2ccc(I)cc2)c1. The molecule has 0 aliphatic rings. The van der Waals surface area contributed by atoms with Crippen molar-refractivity contribution >= 4 is 34.7 Å². The van der Waals surface area contributed by atoms with Crippen LogP contribution in [0.5, 0.6) is 17.2 Å². The lowest BCUT2D eigenvalue weighted by molar-refractivity contribution is -0.123. The molecule has 6 nitrogen and oxygen atoms in total. The zero-order valence-electron chi connectivity index (χ0n) is 16.4. The minimum absolute atomic E-state index is 0.119. The molecule has 0 fully saturated rings. The number of ether oxygens (including phenoxy) is 3. The summed E-state index contributed by atoms with van der Waals surface area (Å²) in [4.78, 5) is 11.9. The molecule has 3 aromatic carbocycles. The molecule has 7 heteroatoms. The lowest BCUT2D eigenvalue weighted by Gasteiger charge is -2.10. The van der Waals surface area contributed by atoms with Gasteiger partial charge in [-0.25, -0.2) is 5.43 Å². The van der Waals surface area contributed by atoms with Gasteiger partial charge in [0.05, 0.1) is 13.3 Å². The number of nitrogens with one attached hydrogen (secondary N) is 1. The van der Waals surface area contributed by atoms with Crippen LogP contribution in [0.4, 0.5) is 0 Å². The third-order valence-corrected chi connectivity index (χ3v) is 4.74. The maximum absolute atomic E-state index is 11.9. The van der Waals surface area contributed by atoms with Crippen LogP contribution in [0.25, 0.3) is 0 Å². The predicted molar refractivity (Wildman–Crippen MR) is 124 cm³/mol. The Balaban J connectivity index is 1.52. The summed E-state index contributed by atoms with van der Waals surface area (Å²) in [5.74, 6) is 1.72. The summed E-state index contributed by atoms with van der Waals surface area (Å²) in [7, 11) is 1.63. The Bertz CT molecular complexity index is 1010. The fraction of sp³-hybridized carbons (Fsp3) is 0.130. The van der Waals surface area contributed by atoms with Gasteiger partial charge in [0, 0.05) is 9.13 Å². The van der Waals surface area contributed by atoms with E-state index in [1.54, 1.807) is 13.3 Å². The minimum Gasteiger partial charge on any atom is -0.497 e. The first-order valence-electron chi connectivity index (χ1n) is 9.19. The number of benzene rings is 3. The normalized spacial score (nSPS) is 10.6. The van der Waals surface area contributed by atoms with Crippen LogP contribution in [-0.4, -0.2) is 25.8 Å². The van der Waals surface area contributed by atoms with Crippen LogP contribution < -0.4 is 19.6 Å². The number of hydrazone groups is 1. The Morgan fingerprint density at radius 3 is 2.60 bits per heavy atom. The Morgan fingerprint density at radius 2 is 1.80 bits per heavy atom. The van der Waals surface area contributed by atoms with Crippen LogP contribution in [0.2, 0.25) is 0 Å². The van der Waals surface area contributed by atoms with Gasteiger partial charge in [-0.15, -0.1) is 0 Å². The number of hydrogen-bond acceptors (Lipinski definition) is 5. The molecule has 0 unspecified atom stereocenters. The zero-order valence-corrected chi connectivity index (χ0v) is 18.5. The van der Waals surface area contributed by atoms with Crippen LogP contribution in [0.3, 0.4) is 0 Å². The molecule has 0 atom stereocenters. The van der Waals surface area contributed by atoms with Gasteiger partial charge < -0.3 is 14.2 Å². The van der Waals surface area contributed by atoms with Crippen molar-refractivity contribution in [3.63, 3.8) is 0 Å². The quantitative estimate of drug-likeness (QED) is 0.260. The van der Waals surface area contributed by atoms with E-state index in [-0.39, 0.29) is 12.5 Å². The average molecular weight is 516 g/mol. The lowest BCUT2D eigenvalue weighted by atomic mass is 10.2. The van der Waals surface area contributed by atoms with Gasteiger partial charge in [-0.05, 0) is 76.7 Å². The summed E-state index contributed by atoms with van der Waals surface area (Å²) < 4.78 is 17.7. The first-order valence-corrected chi connectivity index (χ1v) is 10.3. The highest BCUT2D eigenvalue weighted by Crippen LogP contribution is 2.19. The smallest absolute Gasteiger partial charge is 0.277 e. The Labute approximate surface area is 189 Å². The molecular weight excluding hydrogens is 495 g/mol. The highest BCUT2D eigenvalue weighted by Gasteiger charge is 2.04. The van der Waals surface area contributed by atoms with Crippen molar-refractivity contribution in [2.45, 2.75) is 6.61 Å². The molecular formula is C23H21IN2O4. The molecule has 0 bridgehead atoms. The first-order chi connectivity index (χ1) is 14.6. The highest BCUT2D eigenvalue weighted by atomic mass is 127. The maximum Gasteiger partial charge on any atom is 0.277 e. The highest BCUT2D eigenvalue weighted by molar-refractivity contribution is 14.1. The topological polar surface area (TPSA) is 69.2 Å². The standard InChI is InChI=1S/C23H21IN2O4/c1-28-21-7-4-5-17(13-21)15-30-22-8-3-2-6-18(22)14-25-26-23(27)16-29-20-11-9-19(24)10-12-20/h2-14H,15-16H2,1H3,(H,26,27). The Kier molecular flexibility index (Phi) is 8.08. The minimum atomic E-state index is -0.348. The van der Waals surface area contributed by atoms with E-state index in [4.69, 9.17) is 14.2 Å². The number of nitrogens with zero attached hydrogens (tertiary/aromatic N) is 1. The number of amides is 1. The van der Waals surface area contributed by atoms with Crippen molar-refractivity contribution in [1.29, 1.82) is 0 Å². The number of para-hydroxylation sites is 1. The van der Waals surface area contributed by atoms with Crippen molar-refractivity contribution in [2.24, 2.45) is 5.10 Å². The van der Waals surface area contributed by atoms with Gasteiger partial charge in [-0.2, -0.15) is 5.10 Å². The van der Waals surface area contributed by atoms with Gasteiger partial charge in [0.2, 0.25) is 0 Å². The predicted octanol–water partition coefficient (Wildman–Crippen LogP) is 4.41. The summed E-state index contributed by atoms with van der Waals surface area (Å²) in [6.07, 6.45) is 1.55. The summed E-state index contributed by atoms with van der Waals surface area (Å²) in [6.45, 7) is 0.268. The van der Waals surface area contributed by atoms with Crippen molar-refractivity contribution in [2.75, 3.05) is 13.7 Å². The Hall–Kier alpha value is -3.07. The summed E-state index contributed by atoms with van der Waals surface area (Å²) in [6, 6.07) is 22.6. The van der Waals surface area contributed by atoms with Gasteiger partial charge in [0.1, 0.15) is 23.9 Å². The molecule has 1 N–H and O–H groups in total. The number of rotatable bonds is 9. The van der Waals surface area contributed by atoms with Crippen LogP contribution in [-0.2, 0) is 11.4 Å². The molecule has 0 aliphatic carbocycles. The maximum atomic E-state index is 11.9. The lowest BCUT2D eigenvalue weighted by Crippen LogP contribution is -2.24. The van der Waals surface area contributed by atoms with Crippen molar-refractivity contribution in [3.05, 3.63) is 87.5 Å². The second-order valence-electron chi connectivity index (χ2n) is 6.21. The van der Waals surface area contributed by atoms with Crippen molar-refractivity contribution in [3.8, 4) is 17.2 Å². The molecule has 0 aliphatic heterocycles. The second kappa shape index (κ2) is 11.2. The van der Waals surface area contributed by atoms with E-state index in [1.165, 1.54) is 0 Å². The van der Waals surface area contributed by atoms with E-state index >= 15 is 0 Å². The van der Waals surface area contributed by atoms with E-state index in [2.05, 4.69) is 33.1 Å². The molecule has 0 aromatic heterocycles. The number of carbonyl (C=O) groups is 1. The molecule has 0 radical (unpaired) electrons. The van der Waals surface area contributed by atoms with Gasteiger partial charge in [-0.1, -0.05) is 24.3 Å². The van der Waals surface area contributed by atoms with Crippen LogP contribution >= 0.6 is 22.6 Å².